The average Bonchev–Trinajstić information content (AvgIpc) is 3.18. The molecular formula is C15H23NO3S. The molecule has 0 aromatic heterocycles. The molecule has 20 heavy (non-hydrogen) atoms. The van der Waals surface area contributed by atoms with Crippen LogP contribution in [0, 0.1) is 33.6 Å². The van der Waals surface area contributed by atoms with Gasteiger partial charge in [0.05, 0.1) is 11.0 Å². The molecule has 1 saturated carbocycles. The van der Waals surface area contributed by atoms with Crippen LogP contribution in [0.5, 0.6) is 0 Å². The molecule has 112 valence electrons. The van der Waals surface area contributed by atoms with Gasteiger partial charge in [-0.25, -0.2) is 13.1 Å². The van der Waals surface area contributed by atoms with Crippen LogP contribution in [0.4, 0.5) is 0 Å². The molecule has 1 aromatic rings. The highest BCUT2D eigenvalue weighted by Gasteiger charge is 2.31. The van der Waals surface area contributed by atoms with E-state index in [1.54, 1.807) is 0 Å². The highest BCUT2D eigenvalue weighted by Crippen LogP contribution is 2.32. The Bertz CT molecular complexity index is 592. The Hall–Kier alpha value is -0.910. The van der Waals surface area contributed by atoms with E-state index >= 15 is 0 Å². The Labute approximate surface area is 121 Å². The summed E-state index contributed by atoms with van der Waals surface area (Å²) in [5.41, 5.74) is 3.50. The average molecular weight is 297 g/mol. The van der Waals surface area contributed by atoms with Crippen LogP contribution in [0.15, 0.2) is 11.0 Å². The number of rotatable bonds is 5. The molecule has 1 aliphatic carbocycles. The molecule has 0 bridgehead atoms. The second-order valence-corrected chi connectivity index (χ2v) is 7.55. The molecule has 0 amide bonds. The lowest BCUT2D eigenvalue weighted by Gasteiger charge is -2.17. The predicted molar refractivity (Wildman–Crippen MR) is 79.3 cm³/mol. The van der Waals surface area contributed by atoms with E-state index < -0.39 is 16.1 Å². The third kappa shape index (κ3) is 3.05. The lowest BCUT2D eigenvalue weighted by Crippen LogP contribution is -2.34. The summed E-state index contributed by atoms with van der Waals surface area (Å²) >= 11 is 0. The van der Waals surface area contributed by atoms with E-state index in [9.17, 15) is 13.5 Å². The molecule has 0 heterocycles. The minimum atomic E-state index is -3.58. The van der Waals surface area contributed by atoms with Gasteiger partial charge in [0.15, 0.2) is 0 Å². The molecule has 0 radical (unpaired) electrons. The summed E-state index contributed by atoms with van der Waals surface area (Å²) < 4.78 is 27.6. The van der Waals surface area contributed by atoms with Crippen molar-refractivity contribution in [3.8, 4) is 0 Å². The van der Waals surface area contributed by atoms with Gasteiger partial charge in [-0.2, -0.15) is 0 Å². The minimum Gasteiger partial charge on any atom is -0.391 e. The van der Waals surface area contributed by atoms with Crippen molar-refractivity contribution < 1.29 is 13.5 Å². The Morgan fingerprint density at radius 1 is 1.20 bits per heavy atom. The van der Waals surface area contributed by atoms with Crippen molar-refractivity contribution in [2.24, 2.45) is 5.92 Å². The van der Waals surface area contributed by atoms with Gasteiger partial charge in [0.1, 0.15) is 0 Å². The summed E-state index contributed by atoms with van der Waals surface area (Å²) in [6.45, 7) is 7.58. The SMILES string of the molecule is Cc1cc(C)c(C)c(S(=O)(=O)NCC(O)C2CC2)c1C. The standard InChI is InChI=1S/C15H23NO3S/c1-9-7-10(2)12(4)15(11(9)3)20(18,19)16-8-14(17)13-5-6-13/h7,13-14,16-17H,5-6,8H2,1-4H3. The fraction of sp³-hybridized carbons (Fsp3) is 0.600. The number of aliphatic hydroxyl groups excluding tert-OH is 1. The second kappa shape index (κ2) is 5.47. The van der Waals surface area contributed by atoms with Crippen LogP contribution in [0.3, 0.4) is 0 Å². The van der Waals surface area contributed by atoms with Gasteiger partial charge in [0, 0.05) is 6.54 Å². The molecule has 0 spiro atoms. The molecule has 2 N–H and O–H groups in total. The number of aryl methyl sites for hydroxylation is 2. The summed E-state index contributed by atoms with van der Waals surface area (Å²) in [4.78, 5) is 0.359. The fourth-order valence-electron chi connectivity index (χ4n) is 2.50. The van der Waals surface area contributed by atoms with E-state index in [-0.39, 0.29) is 12.5 Å². The van der Waals surface area contributed by atoms with E-state index in [1.165, 1.54) is 0 Å². The Kier molecular flexibility index (Phi) is 4.23. The zero-order chi connectivity index (χ0) is 15.1. The van der Waals surface area contributed by atoms with E-state index in [0.29, 0.717) is 4.90 Å². The highest BCUT2D eigenvalue weighted by atomic mass is 32.2. The molecule has 0 saturated heterocycles. The van der Waals surface area contributed by atoms with Crippen LogP contribution in [0.2, 0.25) is 0 Å². The predicted octanol–water partition coefficient (Wildman–Crippen LogP) is 1.97. The normalized spacial score (nSPS) is 17.2. The largest absolute Gasteiger partial charge is 0.391 e. The number of nitrogens with one attached hydrogen (secondary N) is 1. The molecular weight excluding hydrogens is 274 g/mol. The van der Waals surface area contributed by atoms with Gasteiger partial charge < -0.3 is 5.11 Å². The van der Waals surface area contributed by atoms with Gasteiger partial charge in [-0.15, -0.1) is 0 Å². The molecule has 1 atom stereocenters. The summed E-state index contributed by atoms with van der Waals surface area (Å²) in [6, 6.07) is 2.00. The number of benzene rings is 1. The van der Waals surface area contributed by atoms with Gasteiger partial charge >= 0.3 is 0 Å². The third-order valence-corrected chi connectivity index (χ3v) is 5.91. The second-order valence-electron chi connectivity index (χ2n) is 5.85. The molecule has 2 rings (SSSR count). The smallest absolute Gasteiger partial charge is 0.241 e. The number of hydrogen-bond acceptors (Lipinski definition) is 3. The first-order valence-electron chi connectivity index (χ1n) is 6.99. The Morgan fingerprint density at radius 2 is 1.70 bits per heavy atom. The number of aliphatic hydroxyl groups is 1. The summed E-state index contributed by atoms with van der Waals surface area (Å²) in [5, 5.41) is 9.82. The van der Waals surface area contributed by atoms with Crippen LogP contribution in [-0.4, -0.2) is 26.2 Å². The molecule has 1 fully saturated rings. The Balaban J connectivity index is 2.29. The third-order valence-electron chi connectivity index (χ3n) is 4.21. The molecule has 1 unspecified atom stereocenters. The summed E-state index contributed by atoms with van der Waals surface area (Å²) in [6.07, 6.45) is 1.41. The van der Waals surface area contributed by atoms with E-state index in [2.05, 4.69) is 4.72 Å². The van der Waals surface area contributed by atoms with Crippen LogP contribution in [0.25, 0.3) is 0 Å². The first kappa shape index (κ1) is 15.5. The van der Waals surface area contributed by atoms with Gasteiger partial charge in [-0.05, 0) is 68.7 Å². The zero-order valence-electron chi connectivity index (χ0n) is 12.5. The summed E-state index contributed by atoms with van der Waals surface area (Å²) in [5.74, 6) is 0.263. The van der Waals surface area contributed by atoms with Gasteiger partial charge in [0.2, 0.25) is 10.0 Å². The molecule has 0 aliphatic heterocycles. The maximum atomic E-state index is 12.5. The van der Waals surface area contributed by atoms with Crippen LogP contribution >= 0.6 is 0 Å². The van der Waals surface area contributed by atoms with Crippen molar-refractivity contribution in [1.29, 1.82) is 0 Å². The highest BCUT2D eigenvalue weighted by molar-refractivity contribution is 7.89. The number of sulfonamides is 1. The lowest BCUT2D eigenvalue weighted by atomic mass is 10.0. The summed E-state index contributed by atoms with van der Waals surface area (Å²) in [7, 11) is -3.58. The van der Waals surface area contributed by atoms with E-state index in [1.807, 2.05) is 33.8 Å². The topological polar surface area (TPSA) is 66.4 Å². The first-order valence-corrected chi connectivity index (χ1v) is 8.47. The van der Waals surface area contributed by atoms with Crippen molar-refractivity contribution in [3.63, 3.8) is 0 Å². The van der Waals surface area contributed by atoms with Crippen molar-refractivity contribution in [3.05, 3.63) is 28.3 Å². The number of hydrogen-bond donors (Lipinski definition) is 2. The van der Waals surface area contributed by atoms with Crippen molar-refractivity contribution in [2.45, 2.75) is 51.5 Å². The fourth-order valence-corrected chi connectivity index (χ4v) is 4.16. The minimum absolute atomic E-state index is 0.0961. The molecule has 1 aliphatic rings. The zero-order valence-corrected chi connectivity index (χ0v) is 13.3. The van der Waals surface area contributed by atoms with Gasteiger partial charge in [-0.1, -0.05) is 6.07 Å². The quantitative estimate of drug-likeness (QED) is 0.873. The van der Waals surface area contributed by atoms with Crippen LogP contribution < -0.4 is 4.72 Å². The van der Waals surface area contributed by atoms with E-state index in [4.69, 9.17) is 0 Å². The first-order chi connectivity index (χ1) is 9.24. The van der Waals surface area contributed by atoms with Crippen LogP contribution in [-0.2, 0) is 10.0 Å². The van der Waals surface area contributed by atoms with Crippen LogP contribution in [0.1, 0.15) is 35.1 Å². The van der Waals surface area contributed by atoms with Gasteiger partial charge in [-0.3, -0.25) is 0 Å². The van der Waals surface area contributed by atoms with Crippen molar-refractivity contribution in [1.82, 2.24) is 4.72 Å². The van der Waals surface area contributed by atoms with Crippen molar-refractivity contribution >= 4 is 10.0 Å². The molecule has 1 aromatic carbocycles. The maximum absolute atomic E-state index is 12.5. The molecule has 5 heteroatoms. The van der Waals surface area contributed by atoms with E-state index in [0.717, 1.165) is 35.1 Å². The van der Waals surface area contributed by atoms with Crippen molar-refractivity contribution in [2.75, 3.05) is 6.54 Å². The maximum Gasteiger partial charge on any atom is 0.241 e. The van der Waals surface area contributed by atoms with Gasteiger partial charge in [0.25, 0.3) is 0 Å². The Morgan fingerprint density at radius 3 is 2.15 bits per heavy atom. The lowest BCUT2D eigenvalue weighted by molar-refractivity contribution is 0.155. The monoisotopic (exact) mass is 297 g/mol. The molecule has 4 nitrogen and oxygen atoms in total.